The highest BCUT2D eigenvalue weighted by molar-refractivity contribution is 6.33. The second kappa shape index (κ2) is 9.56. The van der Waals surface area contributed by atoms with Crippen molar-refractivity contribution in [3.8, 4) is 0 Å². The van der Waals surface area contributed by atoms with Crippen LogP contribution in [-0.4, -0.2) is 49.4 Å². The molecular formula is C22H23ClN2O4. The summed E-state index contributed by atoms with van der Waals surface area (Å²) in [7, 11) is 1.31. The molecule has 1 atom stereocenters. The van der Waals surface area contributed by atoms with E-state index in [1.165, 1.54) is 7.11 Å². The molecule has 29 heavy (non-hydrogen) atoms. The van der Waals surface area contributed by atoms with Crippen LogP contribution >= 0.6 is 11.6 Å². The summed E-state index contributed by atoms with van der Waals surface area (Å²) in [6.07, 6.45) is 1.78. The number of hydrogen-bond donors (Lipinski definition) is 1. The number of esters is 1. The molecule has 6 nitrogen and oxygen atoms in total. The van der Waals surface area contributed by atoms with Crippen LogP contribution in [0.3, 0.4) is 0 Å². The van der Waals surface area contributed by atoms with Crippen molar-refractivity contribution in [1.29, 1.82) is 0 Å². The van der Waals surface area contributed by atoms with E-state index in [0.717, 1.165) is 12.8 Å². The van der Waals surface area contributed by atoms with E-state index in [1.807, 2.05) is 0 Å². The Labute approximate surface area is 174 Å². The van der Waals surface area contributed by atoms with E-state index in [9.17, 15) is 14.4 Å². The third-order valence-corrected chi connectivity index (χ3v) is 5.34. The number of methoxy groups -OCH3 is 1. The molecule has 1 saturated heterocycles. The molecule has 1 aliphatic rings. The number of amides is 2. The Hall–Kier alpha value is -2.86. The lowest BCUT2D eigenvalue weighted by Crippen LogP contribution is -2.43. The van der Waals surface area contributed by atoms with Gasteiger partial charge in [0.25, 0.3) is 11.8 Å². The van der Waals surface area contributed by atoms with Crippen molar-refractivity contribution >= 4 is 29.4 Å². The van der Waals surface area contributed by atoms with Crippen LogP contribution in [0.2, 0.25) is 5.02 Å². The summed E-state index contributed by atoms with van der Waals surface area (Å²) in [5.74, 6) is -0.663. The van der Waals surface area contributed by atoms with Crippen molar-refractivity contribution in [2.24, 2.45) is 5.92 Å². The van der Waals surface area contributed by atoms with Gasteiger partial charge in [0.05, 0.1) is 23.3 Å². The van der Waals surface area contributed by atoms with Gasteiger partial charge in [-0.15, -0.1) is 0 Å². The lowest BCUT2D eigenvalue weighted by molar-refractivity contribution is 0.0600. The fourth-order valence-electron chi connectivity index (χ4n) is 3.47. The van der Waals surface area contributed by atoms with Crippen LogP contribution in [0.1, 0.15) is 43.9 Å². The van der Waals surface area contributed by atoms with Crippen LogP contribution < -0.4 is 5.32 Å². The molecule has 1 heterocycles. The van der Waals surface area contributed by atoms with E-state index in [4.69, 9.17) is 16.3 Å². The van der Waals surface area contributed by atoms with E-state index >= 15 is 0 Å². The topological polar surface area (TPSA) is 75.7 Å². The average molecular weight is 415 g/mol. The SMILES string of the molecule is COC(=O)c1cccc(C(=O)N2CCC[C@H](CNC(=O)c3ccccc3Cl)C2)c1. The molecule has 0 bridgehead atoms. The molecule has 0 aromatic heterocycles. The number of ether oxygens (including phenoxy) is 1. The predicted octanol–water partition coefficient (Wildman–Crippen LogP) is 3.41. The molecule has 2 aromatic carbocycles. The Kier molecular flexibility index (Phi) is 6.88. The number of piperidine rings is 1. The summed E-state index contributed by atoms with van der Waals surface area (Å²) in [5, 5.41) is 3.33. The number of rotatable bonds is 5. The predicted molar refractivity (Wildman–Crippen MR) is 110 cm³/mol. The minimum absolute atomic E-state index is 0.127. The number of halogens is 1. The summed E-state index contributed by atoms with van der Waals surface area (Å²) in [6, 6.07) is 13.4. The molecule has 0 unspecified atom stereocenters. The van der Waals surface area contributed by atoms with Crippen LogP contribution in [0.25, 0.3) is 0 Å². The van der Waals surface area contributed by atoms with Gasteiger partial charge < -0.3 is 15.0 Å². The van der Waals surface area contributed by atoms with E-state index in [0.29, 0.717) is 41.3 Å². The number of nitrogens with zero attached hydrogens (tertiary/aromatic N) is 1. The van der Waals surface area contributed by atoms with Crippen molar-refractivity contribution in [1.82, 2.24) is 10.2 Å². The standard InChI is InChI=1S/C22H23ClN2O4/c1-29-22(28)17-8-4-7-16(12-17)21(27)25-11-5-6-15(14-25)13-24-20(26)18-9-2-3-10-19(18)23/h2-4,7-10,12,15H,5-6,11,13-14H2,1H3,(H,24,26)/t15-/m1/s1. The van der Waals surface area contributed by atoms with Crippen molar-refractivity contribution in [2.75, 3.05) is 26.7 Å². The minimum Gasteiger partial charge on any atom is -0.465 e. The summed E-state index contributed by atoms with van der Waals surface area (Å²) in [5.41, 5.74) is 1.24. The van der Waals surface area contributed by atoms with Gasteiger partial charge in [-0.1, -0.05) is 29.8 Å². The number of carbonyl (C=O) groups excluding carboxylic acids is 3. The van der Waals surface area contributed by atoms with Gasteiger partial charge in [-0.3, -0.25) is 9.59 Å². The van der Waals surface area contributed by atoms with E-state index < -0.39 is 5.97 Å². The van der Waals surface area contributed by atoms with Crippen LogP contribution in [0.5, 0.6) is 0 Å². The van der Waals surface area contributed by atoms with Gasteiger partial charge in [0, 0.05) is 25.2 Å². The molecule has 7 heteroatoms. The molecule has 2 aromatic rings. The molecule has 1 N–H and O–H groups in total. The highest BCUT2D eigenvalue weighted by Crippen LogP contribution is 2.20. The Morgan fingerprint density at radius 1 is 1.14 bits per heavy atom. The van der Waals surface area contributed by atoms with Gasteiger partial charge in [-0.2, -0.15) is 0 Å². The molecule has 1 aliphatic heterocycles. The lowest BCUT2D eigenvalue weighted by Gasteiger charge is -2.33. The average Bonchev–Trinajstić information content (AvgIpc) is 2.77. The number of hydrogen-bond acceptors (Lipinski definition) is 4. The van der Waals surface area contributed by atoms with Crippen molar-refractivity contribution < 1.29 is 19.1 Å². The summed E-state index contributed by atoms with van der Waals surface area (Å²) < 4.78 is 4.72. The van der Waals surface area contributed by atoms with Crippen LogP contribution in [0.15, 0.2) is 48.5 Å². The van der Waals surface area contributed by atoms with Gasteiger partial charge in [-0.25, -0.2) is 4.79 Å². The third kappa shape index (κ3) is 5.15. The molecule has 3 rings (SSSR count). The zero-order valence-corrected chi connectivity index (χ0v) is 16.9. The number of benzene rings is 2. The zero-order valence-electron chi connectivity index (χ0n) is 16.2. The monoisotopic (exact) mass is 414 g/mol. The molecule has 1 fully saturated rings. The molecule has 0 radical (unpaired) electrons. The van der Waals surface area contributed by atoms with Gasteiger partial charge in [0.1, 0.15) is 0 Å². The Morgan fingerprint density at radius 3 is 2.66 bits per heavy atom. The fraction of sp³-hybridized carbons (Fsp3) is 0.318. The second-order valence-corrected chi connectivity index (χ2v) is 7.43. The van der Waals surface area contributed by atoms with Crippen molar-refractivity contribution in [2.45, 2.75) is 12.8 Å². The number of likely N-dealkylation sites (tertiary alicyclic amines) is 1. The third-order valence-electron chi connectivity index (χ3n) is 5.01. The highest BCUT2D eigenvalue weighted by Gasteiger charge is 2.25. The lowest BCUT2D eigenvalue weighted by atomic mass is 9.97. The Balaban J connectivity index is 1.60. The molecule has 0 aliphatic carbocycles. The molecule has 2 amide bonds. The van der Waals surface area contributed by atoms with Crippen LogP contribution in [0, 0.1) is 5.92 Å². The Bertz CT molecular complexity index is 915. The van der Waals surface area contributed by atoms with Crippen LogP contribution in [0.4, 0.5) is 0 Å². The minimum atomic E-state index is -0.474. The van der Waals surface area contributed by atoms with Gasteiger partial charge in [0.15, 0.2) is 0 Å². The molecule has 0 saturated carbocycles. The first-order valence-corrected chi connectivity index (χ1v) is 9.87. The summed E-state index contributed by atoms with van der Waals surface area (Å²) in [4.78, 5) is 38.7. The number of nitrogens with one attached hydrogen (secondary N) is 1. The first-order valence-electron chi connectivity index (χ1n) is 9.50. The Morgan fingerprint density at radius 2 is 1.90 bits per heavy atom. The number of carbonyl (C=O) groups is 3. The second-order valence-electron chi connectivity index (χ2n) is 7.02. The van der Waals surface area contributed by atoms with Gasteiger partial charge in [0.2, 0.25) is 0 Å². The van der Waals surface area contributed by atoms with Crippen LogP contribution in [-0.2, 0) is 4.74 Å². The first kappa shape index (κ1) is 20.9. The zero-order chi connectivity index (χ0) is 20.8. The van der Waals surface area contributed by atoms with Gasteiger partial charge in [-0.05, 0) is 49.1 Å². The quantitative estimate of drug-likeness (QED) is 0.761. The maximum Gasteiger partial charge on any atom is 0.337 e. The van der Waals surface area contributed by atoms with Gasteiger partial charge >= 0.3 is 5.97 Å². The summed E-state index contributed by atoms with van der Waals surface area (Å²) >= 11 is 6.07. The maximum absolute atomic E-state index is 12.9. The summed E-state index contributed by atoms with van der Waals surface area (Å²) in [6.45, 7) is 1.66. The molecule has 0 spiro atoms. The van der Waals surface area contributed by atoms with E-state index in [2.05, 4.69) is 5.32 Å². The largest absolute Gasteiger partial charge is 0.465 e. The molecule has 152 valence electrons. The first-order chi connectivity index (χ1) is 14.0. The normalized spacial score (nSPS) is 16.2. The molecular weight excluding hydrogens is 392 g/mol. The van der Waals surface area contributed by atoms with E-state index in [1.54, 1.807) is 53.4 Å². The highest BCUT2D eigenvalue weighted by atomic mass is 35.5. The maximum atomic E-state index is 12.9. The van der Waals surface area contributed by atoms with E-state index in [-0.39, 0.29) is 17.7 Å². The van der Waals surface area contributed by atoms with Crippen molar-refractivity contribution in [3.05, 3.63) is 70.2 Å². The fourth-order valence-corrected chi connectivity index (χ4v) is 3.69. The smallest absolute Gasteiger partial charge is 0.337 e. The van der Waals surface area contributed by atoms with Crippen molar-refractivity contribution in [3.63, 3.8) is 0 Å².